The van der Waals surface area contributed by atoms with Crippen LogP contribution in [0.1, 0.15) is 53.4 Å². The summed E-state index contributed by atoms with van der Waals surface area (Å²) >= 11 is 0. The van der Waals surface area contributed by atoms with Gasteiger partial charge in [0.05, 0.1) is 0 Å². The lowest BCUT2D eigenvalue weighted by Crippen LogP contribution is -2.32. The smallest absolute Gasteiger partial charge is 0.0146 e. The molecule has 90 valence electrons. The quantitative estimate of drug-likeness (QED) is 0.519. The molecular formula is C16H26. The zero-order chi connectivity index (χ0) is 11.7. The number of hydrogen-bond acceptors (Lipinski definition) is 0. The second kappa shape index (κ2) is 2.94. The molecule has 3 saturated carbocycles. The Labute approximate surface area is 101 Å². The minimum atomic E-state index is 0.571. The summed E-state index contributed by atoms with van der Waals surface area (Å²) < 4.78 is 0. The molecule has 16 heavy (non-hydrogen) atoms. The monoisotopic (exact) mass is 218 g/mol. The summed E-state index contributed by atoms with van der Waals surface area (Å²) in [4.78, 5) is 0. The first-order valence-electron chi connectivity index (χ1n) is 7.07. The molecule has 0 aromatic rings. The van der Waals surface area contributed by atoms with Gasteiger partial charge in [-0.2, -0.15) is 0 Å². The van der Waals surface area contributed by atoms with Crippen molar-refractivity contribution in [3.8, 4) is 0 Å². The second-order valence-electron chi connectivity index (χ2n) is 7.50. The standard InChI is InChI=1S/C16H26/c1-10-6-8-13-14(15(13,3)4)16(5)11(2)7-9-12(10)16/h11-14H,1,6-9H2,2-5H3. The number of rotatable bonds is 0. The normalized spacial score (nSPS) is 54.1. The molecule has 0 bridgehead atoms. The number of hydrogen-bond donors (Lipinski definition) is 0. The molecule has 5 unspecified atom stereocenters. The van der Waals surface area contributed by atoms with Gasteiger partial charge >= 0.3 is 0 Å². The van der Waals surface area contributed by atoms with E-state index in [1.165, 1.54) is 25.7 Å². The predicted molar refractivity (Wildman–Crippen MR) is 69.1 cm³/mol. The number of fused-ring (bicyclic) bond motifs is 3. The molecule has 3 fully saturated rings. The zero-order valence-corrected chi connectivity index (χ0v) is 11.3. The molecule has 3 rings (SSSR count). The molecule has 0 N–H and O–H groups in total. The summed E-state index contributed by atoms with van der Waals surface area (Å²) in [6.45, 7) is 14.5. The van der Waals surface area contributed by atoms with Crippen LogP contribution in [0.4, 0.5) is 0 Å². The summed E-state index contributed by atoms with van der Waals surface area (Å²) in [5, 5.41) is 0. The Morgan fingerprint density at radius 2 is 1.81 bits per heavy atom. The molecule has 0 saturated heterocycles. The third-order valence-corrected chi connectivity index (χ3v) is 6.69. The van der Waals surface area contributed by atoms with Crippen molar-refractivity contribution in [1.29, 1.82) is 0 Å². The Morgan fingerprint density at radius 3 is 2.50 bits per heavy atom. The Hall–Kier alpha value is -0.260. The minimum Gasteiger partial charge on any atom is -0.0996 e. The van der Waals surface area contributed by atoms with E-state index < -0.39 is 0 Å². The third-order valence-electron chi connectivity index (χ3n) is 6.69. The molecule has 5 atom stereocenters. The summed E-state index contributed by atoms with van der Waals surface area (Å²) in [6.07, 6.45) is 5.56. The fourth-order valence-corrected chi connectivity index (χ4v) is 5.58. The lowest BCUT2D eigenvalue weighted by atomic mass is 9.66. The van der Waals surface area contributed by atoms with Crippen molar-refractivity contribution in [3.63, 3.8) is 0 Å². The molecule has 0 nitrogen and oxygen atoms in total. The molecule has 0 heterocycles. The van der Waals surface area contributed by atoms with Gasteiger partial charge in [-0.25, -0.2) is 0 Å². The molecule has 3 aliphatic rings. The van der Waals surface area contributed by atoms with E-state index in [0.29, 0.717) is 10.8 Å². The molecule has 0 aromatic carbocycles. The van der Waals surface area contributed by atoms with Crippen LogP contribution >= 0.6 is 0 Å². The average Bonchev–Trinajstić information content (AvgIpc) is 2.67. The van der Waals surface area contributed by atoms with Gasteiger partial charge in [-0.05, 0) is 60.2 Å². The van der Waals surface area contributed by atoms with Crippen LogP contribution in [0.3, 0.4) is 0 Å². The minimum absolute atomic E-state index is 0.571. The highest BCUT2D eigenvalue weighted by molar-refractivity contribution is 5.24. The highest BCUT2D eigenvalue weighted by Crippen LogP contribution is 2.75. The van der Waals surface area contributed by atoms with Crippen molar-refractivity contribution in [1.82, 2.24) is 0 Å². The molecule has 0 aromatic heterocycles. The lowest BCUT2D eigenvalue weighted by molar-refractivity contribution is 0.132. The van der Waals surface area contributed by atoms with Crippen molar-refractivity contribution in [3.05, 3.63) is 12.2 Å². The van der Waals surface area contributed by atoms with Crippen molar-refractivity contribution in [2.45, 2.75) is 53.4 Å². The molecule has 3 aliphatic carbocycles. The third kappa shape index (κ3) is 1.07. The van der Waals surface area contributed by atoms with Gasteiger partial charge in [0.2, 0.25) is 0 Å². The summed E-state index contributed by atoms with van der Waals surface area (Å²) in [5.41, 5.74) is 2.77. The van der Waals surface area contributed by atoms with Crippen molar-refractivity contribution < 1.29 is 0 Å². The summed E-state index contributed by atoms with van der Waals surface area (Å²) in [7, 11) is 0. The van der Waals surface area contributed by atoms with Gasteiger partial charge in [0, 0.05) is 0 Å². The van der Waals surface area contributed by atoms with E-state index in [9.17, 15) is 0 Å². The first-order chi connectivity index (χ1) is 7.40. The topological polar surface area (TPSA) is 0 Å². The number of allylic oxidation sites excluding steroid dienone is 1. The van der Waals surface area contributed by atoms with Crippen molar-refractivity contribution >= 4 is 0 Å². The van der Waals surface area contributed by atoms with Gasteiger partial charge < -0.3 is 0 Å². The maximum atomic E-state index is 4.40. The summed E-state index contributed by atoms with van der Waals surface area (Å²) in [6, 6.07) is 0. The van der Waals surface area contributed by atoms with Crippen LogP contribution in [0.5, 0.6) is 0 Å². The first-order valence-corrected chi connectivity index (χ1v) is 7.07. The second-order valence-corrected chi connectivity index (χ2v) is 7.50. The van der Waals surface area contributed by atoms with Gasteiger partial charge in [-0.15, -0.1) is 0 Å². The first kappa shape index (κ1) is 10.9. The van der Waals surface area contributed by atoms with Gasteiger partial charge in [0.1, 0.15) is 0 Å². The van der Waals surface area contributed by atoms with Gasteiger partial charge in [-0.3, -0.25) is 0 Å². The van der Waals surface area contributed by atoms with E-state index in [-0.39, 0.29) is 0 Å². The van der Waals surface area contributed by atoms with E-state index in [2.05, 4.69) is 34.3 Å². The van der Waals surface area contributed by atoms with Gasteiger partial charge in [-0.1, -0.05) is 39.8 Å². The van der Waals surface area contributed by atoms with E-state index in [1.54, 1.807) is 5.57 Å². The molecule has 0 heteroatoms. The lowest BCUT2D eigenvalue weighted by Gasteiger charge is -2.38. The van der Waals surface area contributed by atoms with Crippen LogP contribution < -0.4 is 0 Å². The van der Waals surface area contributed by atoms with E-state index in [4.69, 9.17) is 0 Å². The Morgan fingerprint density at radius 1 is 1.12 bits per heavy atom. The molecule has 0 radical (unpaired) electrons. The Balaban J connectivity index is 2.03. The average molecular weight is 218 g/mol. The van der Waals surface area contributed by atoms with Gasteiger partial charge in [0.15, 0.2) is 0 Å². The fraction of sp³-hybridized carbons (Fsp3) is 0.875. The summed E-state index contributed by atoms with van der Waals surface area (Å²) in [5.74, 6) is 3.70. The predicted octanol–water partition coefficient (Wildman–Crippen LogP) is 4.66. The highest BCUT2D eigenvalue weighted by Gasteiger charge is 2.69. The van der Waals surface area contributed by atoms with Gasteiger partial charge in [0.25, 0.3) is 0 Å². The molecule has 0 aliphatic heterocycles. The molecule has 0 amide bonds. The molecular weight excluding hydrogens is 192 g/mol. The van der Waals surface area contributed by atoms with Crippen LogP contribution in [0.2, 0.25) is 0 Å². The Bertz CT molecular complexity index is 338. The van der Waals surface area contributed by atoms with Crippen LogP contribution in [-0.2, 0) is 0 Å². The van der Waals surface area contributed by atoms with Crippen molar-refractivity contribution in [2.75, 3.05) is 0 Å². The van der Waals surface area contributed by atoms with Crippen LogP contribution in [0.25, 0.3) is 0 Å². The molecule has 0 spiro atoms. The zero-order valence-electron chi connectivity index (χ0n) is 11.3. The van der Waals surface area contributed by atoms with Crippen molar-refractivity contribution in [2.24, 2.45) is 34.5 Å². The van der Waals surface area contributed by atoms with Crippen LogP contribution in [-0.4, -0.2) is 0 Å². The van der Waals surface area contributed by atoms with Crippen LogP contribution in [0, 0.1) is 34.5 Å². The van der Waals surface area contributed by atoms with E-state index in [0.717, 1.165) is 23.7 Å². The van der Waals surface area contributed by atoms with Crippen LogP contribution in [0.15, 0.2) is 12.2 Å². The largest absolute Gasteiger partial charge is 0.0996 e. The maximum Gasteiger partial charge on any atom is -0.0146 e. The SMILES string of the molecule is C=C1CCC2C(C2(C)C)C2(C)C(C)CCC12. The fourth-order valence-electron chi connectivity index (χ4n) is 5.58. The highest BCUT2D eigenvalue weighted by atomic mass is 14.7. The van der Waals surface area contributed by atoms with E-state index in [1.807, 2.05) is 0 Å². The van der Waals surface area contributed by atoms with E-state index >= 15 is 0 Å². The maximum absolute atomic E-state index is 4.40. The Kier molecular flexibility index (Phi) is 2.00.